The highest BCUT2D eigenvalue weighted by Gasteiger charge is 2.30. The third-order valence-corrected chi connectivity index (χ3v) is 8.79. The molecule has 40 heavy (non-hydrogen) atoms. The third kappa shape index (κ3) is 8.71. The van der Waals surface area contributed by atoms with Crippen molar-refractivity contribution in [2.45, 2.75) is 90.8 Å². The lowest BCUT2D eigenvalue weighted by atomic mass is 9.95. The predicted molar refractivity (Wildman–Crippen MR) is 160 cm³/mol. The number of anilines is 1. The lowest BCUT2D eigenvalue weighted by Crippen LogP contribution is -2.51. The van der Waals surface area contributed by atoms with Crippen molar-refractivity contribution < 1.29 is 22.7 Å². The van der Waals surface area contributed by atoms with Gasteiger partial charge >= 0.3 is 0 Å². The summed E-state index contributed by atoms with van der Waals surface area (Å²) in [6, 6.07) is 12.7. The Kier molecular flexibility index (Phi) is 11.4. The number of hydrogen-bond acceptors (Lipinski definition) is 5. The topological polar surface area (TPSA) is 96.0 Å². The van der Waals surface area contributed by atoms with Gasteiger partial charge in [0.1, 0.15) is 11.8 Å². The minimum atomic E-state index is -3.55. The number of ether oxygens (including phenoxy) is 1. The second-order valence-corrected chi connectivity index (χ2v) is 12.8. The molecule has 1 saturated carbocycles. The SMILES string of the molecule is CC[C@H](C(=O)NC1CCCCC1)N(Cc1cccc(OC)c1)C(=O)CCCN(c1cc(C)ccc1C)S(C)(=O)=O. The molecule has 0 spiro atoms. The number of aryl methyl sites for hydroxylation is 2. The van der Waals surface area contributed by atoms with Crippen molar-refractivity contribution in [3.8, 4) is 5.75 Å². The molecule has 1 atom stereocenters. The first-order chi connectivity index (χ1) is 19.0. The summed E-state index contributed by atoms with van der Waals surface area (Å²) in [4.78, 5) is 28.8. The molecule has 1 aliphatic rings. The van der Waals surface area contributed by atoms with Crippen LogP contribution in [0.15, 0.2) is 42.5 Å². The molecule has 8 nitrogen and oxygen atoms in total. The van der Waals surface area contributed by atoms with Crippen LogP contribution < -0.4 is 14.4 Å². The number of carbonyl (C=O) groups is 2. The van der Waals surface area contributed by atoms with E-state index in [1.54, 1.807) is 12.0 Å². The summed E-state index contributed by atoms with van der Waals surface area (Å²) in [6.07, 6.45) is 7.44. The van der Waals surface area contributed by atoms with Gasteiger partial charge in [0, 0.05) is 25.6 Å². The molecule has 2 aromatic carbocycles. The zero-order valence-corrected chi connectivity index (χ0v) is 25.4. The summed E-state index contributed by atoms with van der Waals surface area (Å²) in [7, 11) is -1.96. The van der Waals surface area contributed by atoms with E-state index < -0.39 is 16.1 Å². The van der Waals surface area contributed by atoms with Crippen LogP contribution in [0, 0.1) is 13.8 Å². The highest BCUT2D eigenvalue weighted by molar-refractivity contribution is 7.92. The van der Waals surface area contributed by atoms with E-state index in [0.29, 0.717) is 24.3 Å². The number of hydrogen-bond donors (Lipinski definition) is 1. The van der Waals surface area contributed by atoms with E-state index in [1.807, 2.05) is 63.2 Å². The summed E-state index contributed by atoms with van der Waals surface area (Å²) >= 11 is 0. The molecule has 0 unspecified atom stereocenters. The molecular weight excluding hydrogens is 526 g/mol. The fourth-order valence-corrected chi connectivity index (χ4v) is 6.42. The van der Waals surface area contributed by atoms with Crippen molar-refractivity contribution in [1.82, 2.24) is 10.2 Å². The van der Waals surface area contributed by atoms with Crippen LogP contribution in [-0.2, 0) is 26.2 Å². The molecule has 1 aliphatic carbocycles. The van der Waals surface area contributed by atoms with Gasteiger partial charge in [-0.05, 0) is 74.4 Å². The van der Waals surface area contributed by atoms with Crippen LogP contribution in [0.1, 0.15) is 75.0 Å². The number of carbonyl (C=O) groups excluding carboxylic acids is 2. The predicted octanol–water partition coefficient (Wildman–Crippen LogP) is 5.11. The highest BCUT2D eigenvalue weighted by atomic mass is 32.2. The maximum Gasteiger partial charge on any atom is 0.243 e. The van der Waals surface area contributed by atoms with Gasteiger partial charge < -0.3 is 15.0 Å². The van der Waals surface area contributed by atoms with Gasteiger partial charge in [-0.15, -0.1) is 0 Å². The Morgan fingerprint density at radius 3 is 2.45 bits per heavy atom. The number of amides is 2. The van der Waals surface area contributed by atoms with Crippen molar-refractivity contribution in [3.05, 3.63) is 59.2 Å². The quantitative estimate of drug-likeness (QED) is 0.360. The van der Waals surface area contributed by atoms with Crippen LogP contribution >= 0.6 is 0 Å². The van der Waals surface area contributed by atoms with Crippen LogP contribution in [0.2, 0.25) is 0 Å². The van der Waals surface area contributed by atoms with Crippen molar-refractivity contribution >= 4 is 27.5 Å². The van der Waals surface area contributed by atoms with Gasteiger partial charge in [0.05, 0.1) is 19.1 Å². The number of benzene rings is 2. The molecule has 1 fully saturated rings. The molecule has 1 N–H and O–H groups in total. The second kappa shape index (κ2) is 14.5. The van der Waals surface area contributed by atoms with Gasteiger partial charge in [-0.3, -0.25) is 13.9 Å². The first-order valence-electron chi connectivity index (χ1n) is 14.3. The fourth-order valence-electron chi connectivity index (χ4n) is 5.40. The number of sulfonamides is 1. The summed E-state index contributed by atoms with van der Waals surface area (Å²) in [5.74, 6) is 0.378. The minimum Gasteiger partial charge on any atom is -0.497 e. The standard InChI is InChI=1S/C31H45N3O5S/c1-6-28(31(36)32-26-13-8-7-9-14-26)33(22-25-12-10-15-27(21-25)39-4)30(35)16-11-19-34(40(5,37)38)29-20-23(2)17-18-24(29)3/h10,12,15,17-18,20-21,26,28H,6-9,11,13-14,16,19,22H2,1-5H3,(H,32,36)/t28-/m1/s1. The van der Waals surface area contributed by atoms with Crippen LogP contribution in [-0.4, -0.2) is 57.1 Å². The molecule has 0 bridgehead atoms. The van der Waals surface area contributed by atoms with E-state index in [0.717, 1.165) is 42.4 Å². The average Bonchev–Trinajstić information content (AvgIpc) is 2.92. The first-order valence-corrected chi connectivity index (χ1v) is 16.2. The highest BCUT2D eigenvalue weighted by Crippen LogP contribution is 2.25. The van der Waals surface area contributed by atoms with Crippen molar-refractivity contribution in [3.63, 3.8) is 0 Å². The largest absolute Gasteiger partial charge is 0.497 e. The van der Waals surface area contributed by atoms with Gasteiger partial charge in [0.15, 0.2) is 0 Å². The Bertz CT molecular complexity index is 1260. The molecule has 220 valence electrons. The maximum absolute atomic E-state index is 13.7. The van der Waals surface area contributed by atoms with Crippen molar-refractivity contribution in [2.75, 3.05) is 24.2 Å². The monoisotopic (exact) mass is 571 g/mol. The van der Waals surface area contributed by atoms with Crippen molar-refractivity contribution in [2.24, 2.45) is 0 Å². The van der Waals surface area contributed by atoms with E-state index >= 15 is 0 Å². The summed E-state index contributed by atoms with van der Waals surface area (Å²) in [6.45, 7) is 6.16. The Morgan fingerprint density at radius 2 is 1.80 bits per heavy atom. The van der Waals surface area contributed by atoms with Gasteiger partial charge in [0.25, 0.3) is 0 Å². The first kappa shape index (κ1) is 31.5. The fraction of sp³-hybridized carbons (Fsp3) is 0.548. The Labute approximate surface area is 240 Å². The van der Waals surface area contributed by atoms with Gasteiger partial charge in [0.2, 0.25) is 21.8 Å². The van der Waals surface area contributed by atoms with E-state index in [1.165, 1.54) is 17.0 Å². The van der Waals surface area contributed by atoms with Crippen molar-refractivity contribution in [1.29, 1.82) is 0 Å². The summed E-state index contributed by atoms with van der Waals surface area (Å²) in [5.41, 5.74) is 3.31. The molecule has 0 aliphatic heterocycles. The summed E-state index contributed by atoms with van der Waals surface area (Å²) in [5, 5.41) is 3.20. The van der Waals surface area contributed by atoms with Gasteiger partial charge in [-0.25, -0.2) is 8.42 Å². The van der Waals surface area contributed by atoms with E-state index in [9.17, 15) is 18.0 Å². The molecular formula is C31H45N3O5S. The number of nitrogens with zero attached hydrogens (tertiary/aromatic N) is 2. The Hall–Kier alpha value is -3.07. The number of methoxy groups -OCH3 is 1. The van der Waals surface area contributed by atoms with Crippen LogP contribution in [0.5, 0.6) is 5.75 Å². The lowest BCUT2D eigenvalue weighted by Gasteiger charge is -2.33. The average molecular weight is 572 g/mol. The zero-order valence-electron chi connectivity index (χ0n) is 24.6. The van der Waals surface area contributed by atoms with Gasteiger partial charge in [-0.1, -0.05) is 50.5 Å². The Morgan fingerprint density at radius 1 is 1.07 bits per heavy atom. The molecule has 0 aromatic heterocycles. The van der Waals surface area contributed by atoms with Crippen LogP contribution in [0.3, 0.4) is 0 Å². The smallest absolute Gasteiger partial charge is 0.243 e. The van der Waals surface area contributed by atoms with E-state index in [-0.39, 0.29) is 37.4 Å². The maximum atomic E-state index is 13.7. The molecule has 2 aromatic rings. The molecule has 2 amide bonds. The van der Waals surface area contributed by atoms with E-state index in [2.05, 4.69) is 5.32 Å². The van der Waals surface area contributed by atoms with Crippen LogP contribution in [0.4, 0.5) is 5.69 Å². The molecule has 0 saturated heterocycles. The number of rotatable bonds is 13. The van der Waals surface area contributed by atoms with Crippen LogP contribution in [0.25, 0.3) is 0 Å². The zero-order chi connectivity index (χ0) is 29.3. The number of nitrogens with one attached hydrogen (secondary N) is 1. The normalized spacial score (nSPS) is 14.8. The molecule has 0 radical (unpaired) electrons. The minimum absolute atomic E-state index is 0.119. The molecule has 0 heterocycles. The molecule has 9 heteroatoms. The third-order valence-electron chi connectivity index (χ3n) is 7.61. The summed E-state index contributed by atoms with van der Waals surface area (Å²) < 4.78 is 32.2. The molecule has 3 rings (SSSR count). The van der Waals surface area contributed by atoms with Gasteiger partial charge in [-0.2, -0.15) is 0 Å². The van der Waals surface area contributed by atoms with E-state index in [4.69, 9.17) is 4.74 Å². The Balaban J connectivity index is 1.79. The second-order valence-electron chi connectivity index (χ2n) is 10.9. The lowest BCUT2D eigenvalue weighted by molar-refractivity contribution is -0.141.